The maximum atomic E-state index is 12.9. The van der Waals surface area contributed by atoms with E-state index in [9.17, 15) is 33.0 Å². The lowest BCUT2D eigenvalue weighted by atomic mass is 9.72. The summed E-state index contributed by atoms with van der Waals surface area (Å²) in [6.45, 7) is 9.22. The maximum Gasteiger partial charge on any atom is 0.333 e. The number of carbonyl (C=O) groups excluding carboxylic acids is 2. The number of aliphatic carboxylic acids is 1. The second-order valence-corrected chi connectivity index (χ2v) is 12.4. The van der Waals surface area contributed by atoms with Gasteiger partial charge in [-0.25, -0.2) is 4.79 Å². The SMILES string of the molecule is CC(=O)NCCCS(=O)(=O)OC(C(OC(=O)C(C)(C)C)C1CCCCC1)C(C)(C)[C@@H](O)C(=O)O. The summed E-state index contributed by atoms with van der Waals surface area (Å²) in [5.41, 5.74) is -2.50. The molecule has 0 aromatic carbocycles. The van der Waals surface area contributed by atoms with Crippen molar-refractivity contribution in [3.05, 3.63) is 0 Å². The lowest BCUT2D eigenvalue weighted by Gasteiger charge is -2.43. The fourth-order valence-corrected chi connectivity index (χ4v) is 5.23. The molecule has 10 nitrogen and oxygen atoms in total. The first kappa shape index (κ1) is 30.3. The molecule has 3 N–H and O–H groups in total. The lowest BCUT2D eigenvalue weighted by Crippen LogP contribution is -2.55. The van der Waals surface area contributed by atoms with Gasteiger partial charge in [0.05, 0.1) is 11.2 Å². The summed E-state index contributed by atoms with van der Waals surface area (Å²) >= 11 is 0. The van der Waals surface area contributed by atoms with E-state index in [0.29, 0.717) is 12.8 Å². The van der Waals surface area contributed by atoms with Crippen molar-refractivity contribution in [1.29, 1.82) is 0 Å². The molecule has 1 rings (SSSR count). The molecule has 1 fully saturated rings. The van der Waals surface area contributed by atoms with Crippen molar-refractivity contribution in [1.82, 2.24) is 5.32 Å². The molecule has 3 atom stereocenters. The van der Waals surface area contributed by atoms with Crippen LogP contribution >= 0.6 is 0 Å². The van der Waals surface area contributed by atoms with E-state index in [1.54, 1.807) is 20.8 Å². The number of aliphatic hydroxyl groups is 1. The summed E-state index contributed by atoms with van der Waals surface area (Å²) in [4.78, 5) is 35.6. The Kier molecular flexibility index (Phi) is 11.0. The summed E-state index contributed by atoms with van der Waals surface area (Å²) < 4.78 is 37.2. The molecule has 0 heterocycles. The molecule has 198 valence electrons. The number of nitrogens with one attached hydrogen (secondary N) is 1. The van der Waals surface area contributed by atoms with Crippen molar-refractivity contribution in [2.75, 3.05) is 12.3 Å². The smallest absolute Gasteiger partial charge is 0.333 e. The molecule has 34 heavy (non-hydrogen) atoms. The van der Waals surface area contributed by atoms with Gasteiger partial charge in [-0.15, -0.1) is 0 Å². The van der Waals surface area contributed by atoms with Crippen molar-refractivity contribution < 1.29 is 41.9 Å². The molecule has 0 aromatic heterocycles. The van der Waals surface area contributed by atoms with Crippen LogP contribution in [0, 0.1) is 16.7 Å². The number of esters is 1. The van der Waals surface area contributed by atoms with Crippen LogP contribution in [0.1, 0.15) is 80.1 Å². The first-order valence-corrected chi connectivity index (χ1v) is 13.3. The fourth-order valence-electron chi connectivity index (χ4n) is 3.96. The van der Waals surface area contributed by atoms with Crippen molar-refractivity contribution in [2.45, 2.75) is 98.4 Å². The quantitative estimate of drug-likeness (QED) is 0.205. The van der Waals surface area contributed by atoms with E-state index in [2.05, 4.69) is 5.32 Å². The number of carbonyl (C=O) groups is 3. The monoisotopic (exact) mass is 507 g/mol. The highest BCUT2D eigenvalue weighted by atomic mass is 32.2. The van der Waals surface area contributed by atoms with Crippen molar-refractivity contribution in [2.24, 2.45) is 16.7 Å². The standard InChI is InChI=1S/C23H41NO9S/c1-15(25)24-13-10-14-34(30,31)33-19(23(5,6)18(26)20(27)28)17(16-11-8-7-9-12-16)32-21(29)22(2,3)4/h16-19,26H,7-14H2,1-6H3,(H,24,25)(H,27,28)/t17?,18-,19?/m0/s1. The van der Waals surface area contributed by atoms with Gasteiger partial charge in [-0.05, 0) is 46.0 Å². The van der Waals surface area contributed by atoms with Crippen LogP contribution in [0.4, 0.5) is 0 Å². The Morgan fingerprint density at radius 1 is 1.06 bits per heavy atom. The molecule has 11 heteroatoms. The predicted molar refractivity (Wildman–Crippen MR) is 125 cm³/mol. The lowest BCUT2D eigenvalue weighted by molar-refractivity contribution is -0.183. The van der Waals surface area contributed by atoms with Gasteiger partial charge in [-0.3, -0.25) is 13.8 Å². The molecule has 0 aliphatic heterocycles. The topological polar surface area (TPSA) is 156 Å². The Labute approximate surface area is 202 Å². The number of aliphatic hydroxyl groups excluding tert-OH is 1. The number of carboxylic acid groups (broad SMARTS) is 1. The van der Waals surface area contributed by atoms with Gasteiger partial charge in [0.2, 0.25) is 5.91 Å². The van der Waals surface area contributed by atoms with Gasteiger partial charge in [0, 0.05) is 18.9 Å². The van der Waals surface area contributed by atoms with Gasteiger partial charge >= 0.3 is 11.9 Å². The third-order valence-electron chi connectivity index (χ3n) is 6.14. The molecule has 0 aromatic rings. The zero-order valence-corrected chi connectivity index (χ0v) is 21.9. The Morgan fingerprint density at radius 2 is 1.62 bits per heavy atom. The van der Waals surface area contributed by atoms with Gasteiger partial charge in [0.1, 0.15) is 12.2 Å². The first-order valence-electron chi connectivity index (χ1n) is 11.8. The Morgan fingerprint density at radius 3 is 2.09 bits per heavy atom. The molecule has 2 unspecified atom stereocenters. The Bertz CT molecular complexity index is 811. The number of hydrogen-bond donors (Lipinski definition) is 3. The summed E-state index contributed by atoms with van der Waals surface area (Å²) in [6.07, 6.45) is -0.380. The van der Waals surface area contributed by atoms with Crippen molar-refractivity contribution in [3.8, 4) is 0 Å². The second-order valence-electron chi connectivity index (χ2n) is 10.7. The number of amides is 1. The highest BCUT2D eigenvalue weighted by molar-refractivity contribution is 7.86. The zero-order chi connectivity index (χ0) is 26.3. The van der Waals surface area contributed by atoms with Gasteiger partial charge < -0.3 is 20.3 Å². The number of carboxylic acids is 1. The Hall–Kier alpha value is -1.72. The molecule has 1 saturated carbocycles. The third-order valence-corrected chi connectivity index (χ3v) is 7.42. The molecule has 0 saturated heterocycles. The van der Waals surface area contributed by atoms with E-state index in [1.807, 2.05) is 0 Å². The number of hydrogen-bond acceptors (Lipinski definition) is 8. The van der Waals surface area contributed by atoms with Gasteiger partial charge in [-0.2, -0.15) is 8.42 Å². The molecule has 0 spiro atoms. The highest BCUT2D eigenvalue weighted by Crippen LogP contribution is 2.40. The molecule has 0 radical (unpaired) electrons. The van der Waals surface area contributed by atoms with Crippen molar-refractivity contribution in [3.63, 3.8) is 0 Å². The first-order chi connectivity index (χ1) is 15.5. The third kappa shape index (κ3) is 9.14. The fraction of sp³-hybridized carbons (Fsp3) is 0.870. The predicted octanol–water partition coefficient (Wildman–Crippen LogP) is 2.24. The van der Waals surface area contributed by atoms with Crippen LogP contribution in [0.3, 0.4) is 0 Å². The largest absolute Gasteiger partial charge is 0.479 e. The molecular formula is C23H41NO9S. The van der Waals surface area contributed by atoms with Gasteiger partial charge in [-0.1, -0.05) is 33.1 Å². The molecular weight excluding hydrogens is 466 g/mol. The molecule has 0 bridgehead atoms. The van der Waals surface area contributed by atoms with Gasteiger partial charge in [0.15, 0.2) is 6.10 Å². The van der Waals surface area contributed by atoms with Crippen LogP contribution in [0.15, 0.2) is 0 Å². The minimum atomic E-state index is -4.22. The number of ether oxygens (including phenoxy) is 1. The van der Waals surface area contributed by atoms with Gasteiger partial charge in [0.25, 0.3) is 10.1 Å². The Balaban J connectivity index is 3.37. The van der Waals surface area contributed by atoms with E-state index in [4.69, 9.17) is 8.92 Å². The second kappa shape index (κ2) is 12.3. The normalized spacial score (nSPS) is 18.6. The van der Waals surface area contributed by atoms with Crippen LogP contribution in [-0.2, 0) is 33.4 Å². The van der Waals surface area contributed by atoms with Crippen LogP contribution in [0.2, 0.25) is 0 Å². The average Bonchev–Trinajstić information content (AvgIpc) is 2.72. The van der Waals surface area contributed by atoms with Crippen molar-refractivity contribution >= 4 is 28.0 Å². The highest BCUT2D eigenvalue weighted by Gasteiger charge is 2.51. The summed E-state index contributed by atoms with van der Waals surface area (Å²) in [5, 5.41) is 22.5. The van der Waals surface area contributed by atoms with E-state index in [0.717, 1.165) is 19.3 Å². The maximum absolute atomic E-state index is 12.9. The summed E-state index contributed by atoms with van der Waals surface area (Å²) in [7, 11) is -4.22. The van der Waals surface area contributed by atoms with E-state index < -0.39 is 57.0 Å². The number of rotatable bonds is 12. The van der Waals surface area contributed by atoms with Crippen LogP contribution in [0.25, 0.3) is 0 Å². The minimum absolute atomic E-state index is 0.0758. The molecule has 1 amide bonds. The summed E-state index contributed by atoms with van der Waals surface area (Å²) in [6, 6.07) is 0. The average molecular weight is 508 g/mol. The summed E-state index contributed by atoms with van der Waals surface area (Å²) in [5.74, 6) is -3.09. The molecule has 1 aliphatic rings. The van der Waals surface area contributed by atoms with Crippen LogP contribution in [0.5, 0.6) is 0 Å². The zero-order valence-electron chi connectivity index (χ0n) is 21.1. The molecule has 1 aliphatic carbocycles. The van der Waals surface area contributed by atoms with E-state index in [1.165, 1.54) is 20.8 Å². The minimum Gasteiger partial charge on any atom is -0.479 e. The van der Waals surface area contributed by atoms with Crippen LogP contribution in [-0.4, -0.2) is 67.1 Å². The van der Waals surface area contributed by atoms with E-state index in [-0.39, 0.29) is 24.8 Å². The van der Waals surface area contributed by atoms with E-state index >= 15 is 0 Å². The van der Waals surface area contributed by atoms with Crippen LogP contribution < -0.4 is 5.32 Å².